The number of benzene rings is 2. The molecule has 0 radical (unpaired) electrons. The summed E-state index contributed by atoms with van der Waals surface area (Å²) in [5.41, 5.74) is 3.38. The maximum atomic E-state index is 13.5. The lowest BCUT2D eigenvalue weighted by Crippen LogP contribution is -2.52. The Kier molecular flexibility index (Phi) is 9.27. The van der Waals surface area contributed by atoms with Crippen LogP contribution in [0.2, 0.25) is 0 Å². The smallest absolute Gasteiger partial charge is 0.244 e. The summed E-state index contributed by atoms with van der Waals surface area (Å²) in [6.45, 7) is 11.2. The molecule has 0 heterocycles. The molecule has 8 heteroatoms. The number of amides is 2. The monoisotopic (exact) mass is 487 g/mol. The van der Waals surface area contributed by atoms with E-state index in [1.54, 1.807) is 19.1 Å². The maximum absolute atomic E-state index is 13.5. The Hall–Kier alpha value is -2.87. The number of rotatable bonds is 10. The Bertz CT molecular complexity index is 1100. The van der Waals surface area contributed by atoms with Crippen molar-refractivity contribution in [3.63, 3.8) is 0 Å². The summed E-state index contributed by atoms with van der Waals surface area (Å²) in [5.74, 6) is -0.443. The first-order valence-corrected chi connectivity index (χ1v) is 13.4. The Morgan fingerprint density at radius 3 is 2.09 bits per heavy atom. The van der Waals surface area contributed by atoms with Crippen molar-refractivity contribution in [3.05, 3.63) is 65.2 Å². The molecule has 1 atom stereocenters. The number of sulfonamides is 1. The molecule has 0 saturated carbocycles. The molecule has 0 aromatic heterocycles. The Labute approximate surface area is 204 Å². The minimum atomic E-state index is -3.74. The zero-order valence-corrected chi connectivity index (χ0v) is 22.0. The van der Waals surface area contributed by atoms with E-state index < -0.39 is 28.5 Å². The number of anilines is 1. The number of carbonyl (C=O) groups is 2. The van der Waals surface area contributed by atoms with E-state index in [4.69, 9.17) is 0 Å². The predicted octanol–water partition coefficient (Wildman–Crippen LogP) is 3.83. The van der Waals surface area contributed by atoms with Gasteiger partial charge in [0.05, 0.1) is 11.9 Å². The van der Waals surface area contributed by atoms with Gasteiger partial charge < -0.3 is 10.2 Å². The molecule has 2 rings (SSSR count). The summed E-state index contributed by atoms with van der Waals surface area (Å²) < 4.78 is 26.4. The number of carbonyl (C=O) groups excluding carboxylic acids is 2. The second-order valence-corrected chi connectivity index (χ2v) is 11.3. The van der Waals surface area contributed by atoms with Gasteiger partial charge in [-0.25, -0.2) is 8.42 Å². The first kappa shape index (κ1) is 27.4. The summed E-state index contributed by atoms with van der Waals surface area (Å²) in [7, 11) is -3.74. The molecular formula is C26H37N3O4S. The molecule has 0 aliphatic carbocycles. The summed E-state index contributed by atoms with van der Waals surface area (Å²) in [6, 6.07) is 14.0. The van der Waals surface area contributed by atoms with Crippen molar-refractivity contribution in [2.45, 2.75) is 66.1 Å². The third-order valence-electron chi connectivity index (χ3n) is 5.56. The predicted molar refractivity (Wildman–Crippen MR) is 137 cm³/mol. The van der Waals surface area contributed by atoms with Crippen LogP contribution in [0, 0.1) is 6.92 Å². The zero-order valence-electron chi connectivity index (χ0n) is 21.2. The lowest BCUT2D eigenvalue weighted by molar-refractivity contribution is -0.139. The zero-order chi connectivity index (χ0) is 25.6. The number of hydrogen-bond donors (Lipinski definition) is 1. The molecular weight excluding hydrogens is 450 g/mol. The molecule has 34 heavy (non-hydrogen) atoms. The van der Waals surface area contributed by atoms with Crippen LogP contribution in [0.25, 0.3) is 0 Å². The molecule has 0 bridgehead atoms. The van der Waals surface area contributed by atoms with E-state index in [0.717, 1.165) is 27.3 Å². The molecule has 1 N–H and O–H groups in total. The summed E-state index contributed by atoms with van der Waals surface area (Å²) >= 11 is 0. The molecule has 186 valence electrons. The summed E-state index contributed by atoms with van der Waals surface area (Å²) in [4.78, 5) is 27.7. The molecule has 2 aromatic carbocycles. The average molecular weight is 488 g/mol. The van der Waals surface area contributed by atoms with Gasteiger partial charge in [-0.3, -0.25) is 13.9 Å². The largest absolute Gasteiger partial charge is 0.352 e. The van der Waals surface area contributed by atoms with E-state index in [1.807, 2.05) is 57.2 Å². The van der Waals surface area contributed by atoms with Gasteiger partial charge in [-0.15, -0.1) is 0 Å². The number of nitrogens with one attached hydrogen (secondary N) is 1. The van der Waals surface area contributed by atoms with Crippen LogP contribution in [-0.4, -0.2) is 50.0 Å². The molecule has 0 saturated heterocycles. The second kappa shape index (κ2) is 11.5. The lowest BCUT2D eigenvalue weighted by atomic mass is 10.0. The van der Waals surface area contributed by atoms with Crippen molar-refractivity contribution in [1.29, 1.82) is 0 Å². The summed E-state index contributed by atoms with van der Waals surface area (Å²) in [6.07, 6.45) is 1.08. The van der Waals surface area contributed by atoms with Crippen LogP contribution in [0.3, 0.4) is 0 Å². The van der Waals surface area contributed by atoms with E-state index in [1.165, 1.54) is 4.90 Å². The molecule has 2 amide bonds. The highest BCUT2D eigenvalue weighted by Gasteiger charge is 2.30. The van der Waals surface area contributed by atoms with E-state index >= 15 is 0 Å². The normalized spacial score (nSPS) is 12.5. The van der Waals surface area contributed by atoms with Crippen molar-refractivity contribution >= 4 is 27.5 Å². The van der Waals surface area contributed by atoms with Crippen LogP contribution in [0.15, 0.2) is 48.5 Å². The van der Waals surface area contributed by atoms with Crippen LogP contribution >= 0.6 is 0 Å². The van der Waals surface area contributed by atoms with E-state index in [-0.39, 0.29) is 18.5 Å². The standard InChI is InChI=1S/C26H37N3O4S/c1-18(2)23-11-13-24(14-12-23)29(34(7,32)33)17-25(30)28(21(6)26(31)27-19(3)4)16-22-10-8-9-20(5)15-22/h8-15,18-19,21H,16-17H2,1-7H3,(H,27,31)/t21-/m1/s1. The Morgan fingerprint density at radius 2 is 1.59 bits per heavy atom. The fourth-order valence-electron chi connectivity index (χ4n) is 3.63. The SMILES string of the molecule is Cc1cccc(CN(C(=O)CN(c2ccc(C(C)C)cc2)S(C)(=O)=O)[C@H](C)C(=O)NC(C)C)c1. The van der Waals surface area contributed by atoms with Crippen LogP contribution in [0.1, 0.15) is 57.2 Å². The van der Waals surface area contributed by atoms with Crippen LogP contribution in [0.4, 0.5) is 5.69 Å². The second-order valence-electron chi connectivity index (χ2n) is 9.37. The third-order valence-corrected chi connectivity index (χ3v) is 6.70. The number of aryl methyl sites for hydroxylation is 1. The molecule has 0 aliphatic rings. The quantitative estimate of drug-likeness (QED) is 0.552. The minimum Gasteiger partial charge on any atom is -0.352 e. The minimum absolute atomic E-state index is 0.0853. The highest BCUT2D eigenvalue weighted by Crippen LogP contribution is 2.23. The maximum Gasteiger partial charge on any atom is 0.244 e. The van der Waals surface area contributed by atoms with Crippen LogP contribution in [-0.2, 0) is 26.2 Å². The van der Waals surface area contributed by atoms with Gasteiger partial charge in [0.25, 0.3) is 0 Å². The van der Waals surface area contributed by atoms with Gasteiger partial charge in [-0.2, -0.15) is 0 Å². The van der Waals surface area contributed by atoms with Gasteiger partial charge in [0.2, 0.25) is 21.8 Å². The fraction of sp³-hybridized carbons (Fsp3) is 0.462. The topological polar surface area (TPSA) is 86.8 Å². The number of hydrogen-bond acceptors (Lipinski definition) is 4. The highest BCUT2D eigenvalue weighted by molar-refractivity contribution is 7.92. The van der Waals surface area contributed by atoms with Gasteiger partial charge in [0, 0.05) is 12.6 Å². The average Bonchev–Trinajstić information content (AvgIpc) is 2.74. The van der Waals surface area contributed by atoms with Crippen molar-refractivity contribution < 1.29 is 18.0 Å². The van der Waals surface area contributed by atoms with E-state index in [2.05, 4.69) is 19.2 Å². The molecule has 0 spiro atoms. The van der Waals surface area contributed by atoms with E-state index in [9.17, 15) is 18.0 Å². The van der Waals surface area contributed by atoms with Crippen LogP contribution in [0.5, 0.6) is 0 Å². The van der Waals surface area contributed by atoms with Gasteiger partial charge in [-0.05, 0) is 56.9 Å². The first-order chi connectivity index (χ1) is 15.8. The van der Waals surface area contributed by atoms with Crippen LogP contribution < -0.4 is 9.62 Å². The molecule has 2 aromatic rings. The van der Waals surface area contributed by atoms with Crippen molar-refractivity contribution in [2.75, 3.05) is 17.1 Å². The van der Waals surface area contributed by atoms with E-state index in [0.29, 0.717) is 11.6 Å². The first-order valence-electron chi connectivity index (χ1n) is 11.5. The Balaban J connectivity index is 2.38. The Morgan fingerprint density at radius 1 is 0.971 bits per heavy atom. The fourth-order valence-corrected chi connectivity index (χ4v) is 4.48. The van der Waals surface area contributed by atoms with Gasteiger partial charge in [0.1, 0.15) is 12.6 Å². The number of nitrogens with zero attached hydrogens (tertiary/aromatic N) is 2. The van der Waals surface area contributed by atoms with Crippen molar-refractivity contribution in [1.82, 2.24) is 10.2 Å². The van der Waals surface area contributed by atoms with Gasteiger partial charge in [-0.1, -0.05) is 55.8 Å². The highest BCUT2D eigenvalue weighted by atomic mass is 32.2. The lowest BCUT2D eigenvalue weighted by Gasteiger charge is -2.32. The molecule has 7 nitrogen and oxygen atoms in total. The molecule has 0 fully saturated rings. The summed E-state index contributed by atoms with van der Waals surface area (Å²) in [5, 5.41) is 2.84. The van der Waals surface area contributed by atoms with Crippen molar-refractivity contribution in [3.8, 4) is 0 Å². The van der Waals surface area contributed by atoms with Gasteiger partial charge in [0.15, 0.2) is 0 Å². The molecule has 0 unspecified atom stereocenters. The molecule has 0 aliphatic heterocycles. The van der Waals surface area contributed by atoms with Crippen molar-refractivity contribution in [2.24, 2.45) is 0 Å². The third kappa shape index (κ3) is 7.58. The van der Waals surface area contributed by atoms with Gasteiger partial charge >= 0.3 is 0 Å².